The van der Waals surface area contributed by atoms with E-state index in [2.05, 4.69) is 275 Å². The van der Waals surface area contributed by atoms with E-state index in [1.54, 1.807) is 55.9 Å². The molecule has 0 unspecified atom stereocenters. The van der Waals surface area contributed by atoms with Gasteiger partial charge in [0.15, 0.2) is 30.0 Å². The second kappa shape index (κ2) is 29.2. The number of aromatic nitrogens is 5. The number of benzene rings is 5. The first kappa shape index (κ1) is 71.1. The molecular formula is C100H120N5+5. The summed E-state index contributed by atoms with van der Waals surface area (Å²) in [5.41, 5.74) is 39.4. The van der Waals surface area contributed by atoms with Crippen LogP contribution in [0, 0.1) is 45.4 Å². The van der Waals surface area contributed by atoms with Gasteiger partial charge in [0.25, 0.3) is 0 Å². The lowest BCUT2D eigenvalue weighted by molar-refractivity contribution is -0.668. The molecule has 5 spiro atoms. The number of rotatable bonds is 5. The molecule has 5 heteroatoms. The van der Waals surface area contributed by atoms with Crippen LogP contribution in [-0.2, 0) is 96.4 Å². The summed E-state index contributed by atoms with van der Waals surface area (Å²) in [4.78, 5) is 0. The normalized spacial score (nSPS) is 19.1. The van der Waals surface area contributed by atoms with E-state index in [9.17, 15) is 0 Å². The highest BCUT2D eigenvalue weighted by molar-refractivity contribution is 5.66. The molecule has 5 saturated carbocycles. The largest absolute Gasteiger partial charge is 0.212 e. The Balaban J connectivity index is 0.000000101. The van der Waals surface area contributed by atoms with Gasteiger partial charge in [0.2, 0.25) is 28.5 Å². The Morgan fingerprint density at radius 1 is 0.248 bits per heavy atom. The Kier molecular flexibility index (Phi) is 19.8. The average Bonchev–Trinajstić information content (AvgIpc) is 1.65. The number of fused-ring (bicyclic) bond motifs is 8. The van der Waals surface area contributed by atoms with Gasteiger partial charge >= 0.3 is 0 Å². The topological polar surface area (TPSA) is 19.4 Å². The van der Waals surface area contributed by atoms with Crippen molar-refractivity contribution in [3.63, 3.8) is 0 Å². The molecule has 5 aromatic heterocycles. The monoisotopic (exact) mass is 1390 g/mol. The lowest BCUT2D eigenvalue weighted by Gasteiger charge is -2.24. The summed E-state index contributed by atoms with van der Waals surface area (Å²) in [6, 6.07) is 60.6. The molecule has 105 heavy (non-hydrogen) atoms. The number of nitrogens with zero attached hydrogens (tertiary/aromatic N) is 5. The van der Waals surface area contributed by atoms with E-state index in [0.29, 0.717) is 27.1 Å². The van der Waals surface area contributed by atoms with Crippen molar-refractivity contribution in [3.05, 3.63) is 266 Å². The van der Waals surface area contributed by atoms with Crippen LogP contribution >= 0.6 is 0 Å². The molecule has 540 valence electrons. The zero-order valence-corrected chi connectivity index (χ0v) is 65.8. The van der Waals surface area contributed by atoms with Crippen molar-refractivity contribution in [2.45, 2.75) is 243 Å². The van der Waals surface area contributed by atoms with Crippen molar-refractivity contribution in [1.29, 1.82) is 0 Å². The van der Waals surface area contributed by atoms with Crippen molar-refractivity contribution in [2.75, 3.05) is 0 Å². The summed E-state index contributed by atoms with van der Waals surface area (Å²) in [7, 11) is 11.1. The molecular weight excluding hydrogens is 1270 g/mol. The van der Waals surface area contributed by atoms with Crippen molar-refractivity contribution in [2.24, 2.45) is 46.1 Å². The Morgan fingerprint density at radius 2 is 0.590 bits per heavy atom. The van der Waals surface area contributed by atoms with Crippen LogP contribution in [0.4, 0.5) is 0 Å². The zero-order chi connectivity index (χ0) is 72.2. The molecule has 0 bridgehead atoms. The second-order valence-corrected chi connectivity index (χ2v) is 35.3. The zero-order valence-electron chi connectivity index (χ0n) is 65.8. The molecule has 20 rings (SSSR count). The predicted octanol–water partition coefficient (Wildman–Crippen LogP) is 21.0. The van der Waals surface area contributed by atoms with Gasteiger partial charge < -0.3 is 0 Å². The average molecular weight is 1390 g/mol. The fraction of sp³-hybridized carbons (Fsp3) is 0.450. The maximum atomic E-state index is 2.51. The molecule has 0 aliphatic heterocycles. The first-order valence-electron chi connectivity index (χ1n) is 41.4. The van der Waals surface area contributed by atoms with Crippen LogP contribution in [0.2, 0.25) is 0 Å². The standard InChI is InChI=1S/5C20H24N/c1-15-7-3-4-8-16(15)18-10-9-17-19(21(18)2)11-14-20(17)12-5-6-13-20;1-15-7-3-4-8-17(15)18-10-9-16-13-20(11-5-6-12-20)14-19(16)21(18)2;1-15-7-3-4-8-17(15)19-13-18-16(14-21(19)2)9-12-20(18)10-5-6-11-20;1-15-7-3-4-8-17(15)19-13-16-9-12-20(10-5-6-11-20)18(16)14-21(19)2;1-15-7-3-4-8-18(15)19-11-16-12-20(9-5-6-10-20)13-17(16)14-21(19)2/h2*3-4,7-10H,5-6,11-14H2,1-2H3;2*3-4,7-8,13-14H,5-6,9-12H2,1-2H3;3-4,7-8,11,14H,5-6,9-10,12-13H2,1-2H3/q5*+1. The number of pyridine rings is 5. The van der Waals surface area contributed by atoms with Crippen LogP contribution in [0.5, 0.6) is 0 Å². The molecule has 0 radical (unpaired) electrons. The Hall–Kier alpha value is -8.15. The van der Waals surface area contributed by atoms with Gasteiger partial charge in [-0.2, -0.15) is 9.13 Å². The summed E-state index contributed by atoms with van der Waals surface area (Å²) in [6.45, 7) is 11.1. The van der Waals surface area contributed by atoms with E-state index < -0.39 is 0 Å². The van der Waals surface area contributed by atoms with Crippen LogP contribution in [0.15, 0.2) is 182 Å². The number of aryl methyl sites for hydroxylation is 10. The van der Waals surface area contributed by atoms with E-state index in [0.717, 1.165) is 0 Å². The summed E-state index contributed by atoms with van der Waals surface area (Å²) in [6.07, 6.45) is 48.8. The van der Waals surface area contributed by atoms with E-state index in [-0.39, 0.29) is 0 Å². The molecule has 0 saturated heterocycles. The molecule has 10 aliphatic carbocycles. The smallest absolute Gasteiger partial charge is 0.201 e. The van der Waals surface area contributed by atoms with Gasteiger partial charge in [0.05, 0.1) is 0 Å². The molecule has 10 aliphatic rings. The minimum Gasteiger partial charge on any atom is -0.201 e. The van der Waals surface area contributed by atoms with Crippen LogP contribution in [-0.4, -0.2) is 0 Å². The highest BCUT2D eigenvalue weighted by Crippen LogP contribution is 2.54. The predicted molar refractivity (Wildman–Crippen MR) is 431 cm³/mol. The van der Waals surface area contributed by atoms with E-state index >= 15 is 0 Å². The fourth-order valence-corrected chi connectivity index (χ4v) is 23.0. The number of hydrogen-bond acceptors (Lipinski definition) is 0. The Morgan fingerprint density at radius 3 is 1.08 bits per heavy atom. The minimum absolute atomic E-state index is 0.515. The molecule has 0 N–H and O–H groups in total. The summed E-state index contributed by atoms with van der Waals surface area (Å²) in [5.74, 6) is 0. The maximum absolute atomic E-state index is 2.51. The summed E-state index contributed by atoms with van der Waals surface area (Å²) >= 11 is 0. The van der Waals surface area contributed by atoms with Gasteiger partial charge in [-0.05, 0) is 253 Å². The Labute approximate surface area is 630 Å². The molecule has 5 aromatic carbocycles. The first-order valence-corrected chi connectivity index (χ1v) is 41.4. The molecule has 0 amide bonds. The maximum Gasteiger partial charge on any atom is 0.212 e. The minimum atomic E-state index is 0.515. The first-order chi connectivity index (χ1) is 51.0. The van der Waals surface area contributed by atoms with Crippen LogP contribution in [0.1, 0.15) is 231 Å². The summed E-state index contributed by atoms with van der Waals surface area (Å²) in [5, 5.41) is 0. The fourth-order valence-electron chi connectivity index (χ4n) is 23.0. The SMILES string of the molecule is Cc1ccccc1-c1cc2c(c[n+]1C)C1(CCCC1)CC2.Cc1ccccc1-c1cc2c(c[n+]1C)CC1(CCCC1)C2.Cc1ccccc1-c1cc2c(c[n+]1C)CCC21CCCC1.Cc1ccccc1-c1ccc2c([n+]1C)CC1(CCCC1)C2.Cc1ccccc1-c1ccc2c([n+]1C)CCC21CCCC1. The molecule has 0 atom stereocenters. The number of hydrogen-bond donors (Lipinski definition) is 0. The van der Waals surface area contributed by atoms with Crippen LogP contribution in [0.25, 0.3) is 56.3 Å². The molecule has 5 heterocycles. The quantitative estimate of drug-likeness (QED) is 0.153. The third-order valence-electron chi connectivity index (χ3n) is 28.9. The van der Waals surface area contributed by atoms with E-state index in [4.69, 9.17) is 0 Å². The highest BCUT2D eigenvalue weighted by atomic mass is 15.0. The van der Waals surface area contributed by atoms with Gasteiger partial charge in [-0.15, -0.1) is 0 Å². The highest BCUT2D eigenvalue weighted by Gasteiger charge is 2.48. The van der Waals surface area contributed by atoms with Crippen LogP contribution < -0.4 is 22.8 Å². The molecule has 5 nitrogen and oxygen atoms in total. The van der Waals surface area contributed by atoms with E-state index in [1.807, 2.05) is 0 Å². The molecule has 5 fully saturated rings. The van der Waals surface area contributed by atoms with Crippen LogP contribution in [0.3, 0.4) is 0 Å². The lowest BCUT2D eigenvalue weighted by Crippen LogP contribution is -2.37. The van der Waals surface area contributed by atoms with Gasteiger partial charge in [0, 0.05) is 110 Å². The third kappa shape index (κ3) is 13.5. The molecule has 10 aromatic rings. The van der Waals surface area contributed by atoms with E-state index in [1.165, 1.54) is 277 Å². The van der Waals surface area contributed by atoms with Crippen molar-refractivity contribution in [3.8, 4) is 56.3 Å². The Bertz CT molecular complexity index is 4790. The lowest BCUT2D eigenvalue weighted by atomic mass is 9.80. The van der Waals surface area contributed by atoms with Crippen molar-refractivity contribution < 1.29 is 22.8 Å². The van der Waals surface area contributed by atoms with Gasteiger partial charge in [-0.1, -0.05) is 155 Å². The second-order valence-electron chi connectivity index (χ2n) is 35.3. The van der Waals surface area contributed by atoms with Gasteiger partial charge in [-0.3, -0.25) is 0 Å². The van der Waals surface area contributed by atoms with Crippen molar-refractivity contribution >= 4 is 0 Å². The van der Waals surface area contributed by atoms with Gasteiger partial charge in [0.1, 0.15) is 35.2 Å². The third-order valence-corrected chi connectivity index (χ3v) is 28.9. The van der Waals surface area contributed by atoms with Crippen molar-refractivity contribution in [1.82, 2.24) is 0 Å². The van der Waals surface area contributed by atoms with Gasteiger partial charge in [-0.25, -0.2) is 13.7 Å². The summed E-state index contributed by atoms with van der Waals surface area (Å²) < 4.78 is 11.9.